The van der Waals surface area contributed by atoms with Gasteiger partial charge < -0.3 is 10.2 Å². The van der Waals surface area contributed by atoms with E-state index in [1.54, 1.807) is 0 Å². The van der Waals surface area contributed by atoms with Crippen molar-refractivity contribution in [2.45, 2.75) is 56.9 Å². The second kappa shape index (κ2) is 5.50. The van der Waals surface area contributed by atoms with E-state index in [1.807, 2.05) is 0 Å². The molecule has 0 aromatic carbocycles. The molecule has 16 heavy (non-hydrogen) atoms. The minimum Gasteiger partial charge on any atom is -0.313 e. The van der Waals surface area contributed by atoms with Crippen molar-refractivity contribution >= 4 is 0 Å². The van der Waals surface area contributed by atoms with Crippen molar-refractivity contribution in [3.05, 3.63) is 0 Å². The molecule has 1 heterocycles. The maximum Gasteiger partial charge on any atom is 0.0306 e. The molecule has 1 saturated heterocycles. The second-order valence-corrected chi connectivity index (χ2v) is 6.06. The predicted octanol–water partition coefficient (Wildman–Crippen LogP) is 2.64. The van der Waals surface area contributed by atoms with Gasteiger partial charge in [0.15, 0.2) is 0 Å². The fraction of sp³-hybridized carbons (Fsp3) is 1.00. The van der Waals surface area contributed by atoms with E-state index in [9.17, 15) is 0 Å². The summed E-state index contributed by atoms with van der Waals surface area (Å²) in [6, 6.07) is 0. The van der Waals surface area contributed by atoms with E-state index < -0.39 is 0 Å². The van der Waals surface area contributed by atoms with Gasteiger partial charge >= 0.3 is 0 Å². The normalized spacial score (nSPS) is 33.4. The Hall–Kier alpha value is -0.0800. The van der Waals surface area contributed by atoms with Crippen LogP contribution in [0.3, 0.4) is 0 Å². The van der Waals surface area contributed by atoms with Crippen LogP contribution in [0.4, 0.5) is 0 Å². The summed E-state index contributed by atoms with van der Waals surface area (Å²) in [5.74, 6) is 1.04. The topological polar surface area (TPSA) is 15.3 Å². The highest BCUT2D eigenvalue weighted by Crippen LogP contribution is 2.33. The van der Waals surface area contributed by atoms with Crippen LogP contribution in [0.25, 0.3) is 0 Å². The van der Waals surface area contributed by atoms with Crippen LogP contribution in [-0.2, 0) is 0 Å². The molecule has 2 rings (SSSR count). The highest BCUT2D eigenvalue weighted by molar-refractivity contribution is 4.93. The van der Waals surface area contributed by atoms with Gasteiger partial charge in [0, 0.05) is 12.1 Å². The SMILES string of the molecule is CNC1(CCC2CCCC2)CCCN(C)C1. The highest BCUT2D eigenvalue weighted by atomic mass is 15.2. The lowest BCUT2D eigenvalue weighted by Crippen LogP contribution is -2.54. The van der Waals surface area contributed by atoms with Crippen molar-refractivity contribution in [3.63, 3.8) is 0 Å². The maximum absolute atomic E-state index is 3.63. The van der Waals surface area contributed by atoms with Crippen molar-refractivity contribution in [1.82, 2.24) is 10.2 Å². The van der Waals surface area contributed by atoms with Crippen molar-refractivity contribution in [1.29, 1.82) is 0 Å². The minimum atomic E-state index is 0.426. The van der Waals surface area contributed by atoms with Gasteiger partial charge in [-0.3, -0.25) is 0 Å². The minimum absolute atomic E-state index is 0.426. The van der Waals surface area contributed by atoms with Crippen LogP contribution in [0.15, 0.2) is 0 Å². The molecule has 0 amide bonds. The highest BCUT2D eigenvalue weighted by Gasteiger charge is 2.33. The number of rotatable bonds is 4. The van der Waals surface area contributed by atoms with Gasteiger partial charge in [0.2, 0.25) is 0 Å². The van der Waals surface area contributed by atoms with Gasteiger partial charge in [0.1, 0.15) is 0 Å². The Morgan fingerprint density at radius 1 is 1.25 bits per heavy atom. The van der Waals surface area contributed by atoms with E-state index in [4.69, 9.17) is 0 Å². The van der Waals surface area contributed by atoms with Gasteiger partial charge in [-0.05, 0) is 52.2 Å². The molecule has 1 aliphatic carbocycles. The fourth-order valence-electron chi connectivity index (χ4n) is 3.67. The maximum atomic E-state index is 3.63. The van der Waals surface area contributed by atoms with Crippen LogP contribution in [0, 0.1) is 5.92 Å². The molecule has 2 heteroatoms. The Balaban J connectivity index is 1.83. The van der Waals surface area contributed by atoms with E-state index >= 15 is 0 Å². The molecule has 1 atom stereocenters. The third-order valence-corrected chi connectivity index (χ3v) is 4.80. The quantitative estimate of drug-likeness (QED) is 0.790. The molecule has 0 bridgehead atoms. The van der Waals surface area contributed by atoms with Crippen LogP contribution in [0.1, 0.15) is 51.4 Å². The van der Waals surface area contributed by atoms with Crippen molar-refractivity contribution in [2.75, 3.05) is 27.2 Å². The molecular formula is C14H28N2. The summed E-state index contributed by atoms with van der Waals surface area (Å²) in [7, 11) is 4.43. The molecule has 2 nitrogen and oxygen atoms in total. The first-order valence-electron chi connectivity index (χ1n) is 7.12. The van der Waals surface area contributed by atoms with Crippen molar-refractivity contribution < 1.29 is 0 Å². The molecule has 0 radical (unpaired) electrons. The van der Waals surface area contributed by atoms with Gasteiger partial charge in [0.05, 0.1) is 0 Å². The molecule has 1 saturated carbocycles. The largest absolute Gasteiger partial charge is 0.313 e. The first-order chi connectivity index (χ1) is 7.74. The van der Waals surface area contributed by atoms with Crippen LogP contribution >= 0.6 is 0 Å². The third-order valence-electron chi connectivity index (χ3n) is 4.80. The second-order valence-electron chi connectivity index (χ2n) is 6.06. The summed E-state index contributed by atoms with van der Waals surface area (Å²) >= 11 is 0. The molecule has 0 aromatic rings. The van der Waals surface area contributed by atoms with Gasteiger partial charge in [-0.25, -0.2) is 0 Å². The zero-order valence-electron chi connectivity index (χ0n) is 11.1. The van der Waals surface area contributed by atoms with Crippen LogP contribution < -0.4 is 5.32 Å². The zero-order valence-corrected chi connectivity index (χ0v) is 11.1. The third kappa shape index (κ3) is 2.98. The Kier molecular flexibility index (Phi) is 4.26. The number of hydrogen-bond acceptors (Lipinski definition) is 2. The van der Waals surface area contributed by atoms with Gasteiger partial charge in [-0.15, -0.1) is 0 Å². The molecule has 0 aromatic heterocycles. The van der Waals surface area contributed by atoms with Crippen LogP contribution in [0.2, 0.25) is 0 Å². The standard InChI is InChI=1S/C14H28N2/c1-15-14(9-5-11-16(2)12-14)10-8-13-6-3-4-7-13/h13,15H,3-12H2,1-2H3. The number of likely N-dealkylation sites (N-methyl/N-ethyl adjacent to an activating group) is 2. The molecule has 1 aliphatic heterocycles. The van der Waals surface area contributed by atoms with Gasteiger partial charge in [0.25, 0.3) is 0 Å². The average Bonchev–Trinajstić information content (AvgIpc) is 2.79. The number of nitrogens with one attached hydrogen (secondary N) is 1. The first-order valence-corrected chi connectivity index (χ1v) is 7.12. The Morgan fingerprint density at radius 2 is 2.00 bits per heavy atom. The van der Waals surface area contributed by atoms with Gasteiger partial charge in [-0.1, -0.05) is 25.7 Å². The number of piperidine rings is 1. The number of likely N-dealkylation sites (tertiary alicyclic amines) is 1. The van der Waals surface area contributed by atoms with Gasteiger partial charge in [-0.2, -0.15) is 0 Å². The molecule has 1 N–H and O–H groups in total. The zero-order chi connectivity index (χ0) is 11.4. The average molecular weight is 224 g/mol. The lowest BCUT2D eigenvalue weighted by atomic mass is 9.82. The lowest BCUT2D eigenvalue weighted by molar-refractivity contribution is 0.136. The first kappa shape index (κ1) is 12.4. The van der Waals surface area contributed by atoms with E-state index in [1.165, 1.54) is 64.5 Å². The lowest BCUT2D eigenvalue weighted by Gasteiger charge is -2.42. The molecule has 94 valence electrons. The Bertz CT molecular complexity index is 211. The van der Waals surface area contributed by atoms with Crippen molar-refractivity contribution in [3.8, 4) is 0 Å². The van der Waals surface area contributed by atoms with Crippen molar-refractivity contribution in [2.24, 2.45) is 5.92 Å². The summed E-state index contributed by atoms with van der Waals surface area (Å²) in [6.45, 7) is 2.53. The summed E-state index contributed by atoms with van der Waals surface area (Å²) in [4.78, 5) is 2.49. The summed E-state index contributed by atoms with van der Waals surface area (Å²) in [6.07, 6.45) is 11.5. The molecule has 0 spiro atoms. The monoisotopic (exact) mass is 224 g/mol. The van der Waals surface area contributed by atoms with E-state index in [0.29, 0.717) is 5.54 Å². The Morgan fingerprint density at radius 3 is 2.62 bits per heavy atom. The summed E-state index contributed by atoms with van der Waals surface area (Å²) in [5.41, 5.74) is 0.426. The molecule has 2 fully saturated rings. The number of nitrogens with zero attached hydrogens (tertiary/aromatic N) is 1. The molecule has 1 unspecified atom stereocenters. The fourth-order valence-corrected chi connectivity index (χ4v) is 3.67. The van der Waals surface area contributed by atoms with E-state index in [2.05, 4.69) is 24.3 Å². The Labute approximate surface area is 101 Å². The van der Waals surface area contributed by atoms with Crippen LogP contribution in [0.5, 0.6) is 0 Å². The smallest absolute Gasteiger partial charge is 0.0306 e. The summed E-state index contributed by atoms with van der Waals surface area (Å²) < 4.78 is 0. The number of hydrogen-bond donors (Lipinski definition) is 1. The molecule has 2 aliphatic rings. The van der Waals surface area contributed by atoms with E-state index in [0.717, 1.165) is 5.92 Å². The van der Waals surface area contributed by atoms with Crippen LogP contribution in [-0.4, -0.2) is 37.6 Å². The summed E-state index contributed by atoms with van der Waals surface area (Å²) in [5, 5.41) is 3.63. The van der Waals surface area contributed by atoms with E-state index in [-0.39, 0.29) is 0 Å². The predicted molar refractivity (Wildman–Crippen MR) is 69.7 cm³/mol. The molecular weight excluding hydrogens is 196 g/mol.